The van der Waals surface area contributed by atoms with Crippen LogP contribution in [0, 0.1) is 0 Å². The van der Waals surface area contributed by atoms with Crippen LogP contribution in [0.15, 0.2) is 54.6 Å². The number of nitrogens with one attached hydrogen (secondary N) is 1. The second-order valence-electron chi connectivity index (χ2n) is 8.23. The molecule has 3 atom stereocenters. The smallest absolute Gasteiger partial charge is 0.238 e. The minimum absolute atomic E-state index is 0.182. The zero-order valence-electron chi connectivity index (χ0n) is 17.6. The van der Waals surface area contributed by atoms with Crippen molar-refractivity contribution in [2.75, 3.05) is 26.5 Å². The lowest BCUT2D eigenvalue weighted by Crippen LogP contribution is -2.37. The first-order chi connectivity index (χ1) is 14.0. The molecule has 0 radical (unpaired) electrons. The molecule has 2 aromatic rings. The average molecular weight is 414 g/mol. The van der Waals surface area contributed by atoms with Crippen molar-refractivity contribution < 1.29 is 9.30 Å². The number of hydrogen-bond donors (Lipinski definition) is 1. The number of nitrogens with zero attached hydrogens (tertiary/aromatic N) is 2. The molecule has 1 aliphatic carbocycles. The highest BCUT2D eigenvalue weighted by Crippen LogP contribution is 2.65. The van der Waals surface area contributed by atoms with E-state index in [0.717, 1.165) is 30.7 Å². The first-order valence-electron chi connectivity index (χ1n) is 10.5. The van der Waals surface area contributed by atoms with E-state index in [1.807, 2.05) is 30.3 Å². The summed E-state index contributed by atoms with van der Waals surface area (Å²) in [5.74, 6) is 0.641. The number of rotatable bonds is 6. The van der Waals surface area contributed by atoms with Crippen molar-refractivity contribution in [3.63, 3.8) is 0 Å². The average Bonchev–Trinajstić information content (AvgIpc) is 2.97. The molecule has 1 aliphatic heterocycles. The maximum atomic E-state index is 14.6. The summed E-state index contributed by atoms with van der Waals surface area (Å²) in [6, 6.07) is 19.0. The first-order valence-corrected chi connectivity index (χ1v) is 12.2. The Kier molecular flexibility index (Phi) is 6.00. The molecule has 0 bridgehead atoms. The third-order valence-corrected chi connectivity index (χ3v) is 10.2. The standard InChI is InChI=1S/C23H32N3O2P/c1-25-21-11-7-8-12-22(21)26(2)29(25,27)23(17-18-9-5-4-6-10-18)24-19-13-15-20(28-3)16-14-19/h4-6,9-10,13-16,21-24H,7-8,11-12,17H2,1-3H3/t21-,22-,23-/m1/s1. The highest BCUT2D eigenvalue weighted by Gasteiger charge is 2.55. The van der Waals surface area contributed by atoms with E-state index in [1.165, 1.54) is 18.4 Å². The molecule has 5 nitrogen and oxygen atoms in total. The van der Waals surface area contributed by atoms with Crippen LogP contribution in [0.2, 0.25) is 0 Å². The fourth-order valence-electron chi connectivity index (χ4n) is 5.02. The van der Waals surface area contributed by atoms with Gasteiger partial charge in [0.2, 0.25) is 7.44 Å². The van der Waals surface area contributed by atoms with Crippen molar-refractivity contribution in [3.8, 4) is 5.75 Å². The predicted octanol–water partition coefficient (Wildman–Crippen LogP) is 5.06. The highest BCUT2D eigenvalue weighted by molar-refractivity contribution is 7.60. The van der Waals surface area contributed by atoms with E-state index in [0.29, 0.717) is 12.1 Å². The molecule has 29 heavy (non-hydrogen) atoms. The van der Waals surface area contributed by atoms with Gasteiger partial charge in [-0.2, -0.15) is 0 Å². The number of ether oxygens (including phenoxy) is 1. The lowest BCUT2D eigenvalue weighted by Gasteiger charge is -2.35. The third-order valence-electron chi connectivity index (χ3n) is 6.66. The zero-order chi connectivity index (χ0) is 20.4. The Balaban J connectivity index is 1.67. The molecule has 0 amide bonds. The van der Waals surface area contributed by atoms with Gasteiger partial charge in [-0.15, -0.1) is 0 Å². The number of likely N-dealkylation sites (N-methyl/N-ethyl adjacent to an activating group) is 2. The van der Waals surface area contributed by atoms with Crippen LogP contribution in [0.25, 0.3) is 0 Å². The van der Waals surface area contributed by atoms with E-state index in [-0.39, 0.29) is 5.78 Å². The number of anilines is 1. The molecule has 2 aromatic carbocycles. The molecule has 1 heterocycles. The minimum atomic E-state index is -2.79. The number of hydrogen-bond acceptors (Lipinski definition) is 3. The molecule has 2 aliphatic rings. The largest absolute Gasteiger partial charge is 0.497 e. The van der Waals surface area contributed by atoms with Gasteiger partial charge in [-0.1, -0.05) is 43.2 Å². The SMILES string of the molecule is COc1ccc(N[C@@H](Cc2ccccc2)P2(=O)N(C)[C@@H]3CCCC[C@H]3N2C)cc1. The second-order valence-corrected chi connectivity index (χ2v) is 11.3. The minimum Gasteiger partial charge on any atom is -0.497 e. The van der Waals surface area contributed by atoms with Gasteiger partial charge >= 0.3 is 0 Å². The summed E-state index contributed by atoms with van der Waals surface area (Å²) in [5, 5.41) is 3.63. The van der Waals surface area contributed by atoms with Gasteiger partial charge in [0.1, 0.15) is 11.5 Å². The van der Waals surface area contributed by atoms with Gasteiger partial charge in [-0.05, 0) is 56.8 Å². The van der Waals surface area contributed by atoms with E-state index in [4.69, 9.17) is 4.74 Å². The van der Waals surface area contributed by atoms with Crippen molar-refractivity contribution in [1.82, 2.24) is 9.34 Å². The summed E-state index contributed by atoms with van der Waals surface area (Å²) < 4.78 is 24.3. The number of fused-ring (bicyclic) bond motifs is 1. The maximum absolute atomic E-state index is 14.6. The van der Waals surface area contributed by atoms with E-state index in [2.05, 4.69) is 53.0 Å². The lowest BCUT2D eigenvalue weighted by molar-refractivity contribution is 0.233. The predicted molar refractivity (Wildman–Crippen MR) is 120 cm³/mol. The Morgan fingerprint density at radius 2 is 1.59 bits per heavy atom. The third kappa shape index (κ3) is 3.84. The summed E-state index contributed by atoms with van der Waals surface area (Å²) in [5.41, 5.74) is 2.17. The van der Waals surface area contributed by atoms with Gasteiger partial charge in [0, 0.05) is 24.2 Å². The molecule has 1 N–H and O–H groups in total. The molecule has 0 aromatic heterocycles. The van der Waals surface area contributed by atoms with Gasteiger partial charge in [0.15, 0.2) is 0 Å². The van der Waals surface area contributed by atoms with Gasteiger partial charge in [0.05, 0.1) is 7.11 Å². The molecule has 156 valence electrons. The van der Waals surface area contributed by atoms with Crippen LogP contribution in [-0.2, 0) is 11.0 Å². The normalized spacial score (nSPS) is 25.3. The molecule has 2 fully saturated rings. The van der Waals surface area contributed by atoms with E-state index in [1.54, 1.807) is 7.11 Å². The van der Waals surface area contributed by atoms with Crippen LogP contribution in [-0.4, -0.2) is 48.4 Å². The molecule has 6 heteroatoms. The monoisotopic (exact) mass is 413 g/mol. The fraction of sp³-hybridized carbons (Fsp3) is 0.478. The van der Waals surface area contributed by atoms with Gasteiger partial charge in [0.25, 0.3) is 0 Å². The quantitative estimate of drug-likeness (QED) is 0.671. The van der Waals surface area contributed by atoms with Crippen molar-refractivity contribution in [2.45, 2.75) is 50.0 Å². The molecule has 1 saturated heterocycles. The van der Waals surface area contributed by atoms with Gasteiger partial charge in [-0.3, -0.25) is 4.57 Å². The van der Waals surface area contributed by atoms with Crippen LogP contribution in [0.3, 0.4) is 0 Å². The summed E-state index contributed by atoms with van der Waals surface area (Å²) in [6.45, 7) is 0. The molecular weight excluding hydrogens is 381 g/mol. The summed E-state index contributed by atoms with van der Waals surface area (Å²) in [6.07, 6.45) is 5.45. The van der Waals surface area contributed by atoms with Crippen molar-refractivity contribution in [3.05, 3.63) is 60.2 Å². The second kappa shape index (κ2) is 8.51. The lowest BCUT2D eigenvalue weighted by atomic mass is 9.91. The molecule has 4 rings (SSSR count). The summed E-state index contributed by atoms with van der Waals surface area (Å²) >= 11 is 0. The first kappa shape index (κ1) is 20.5. The van der Waals surface area contributed by atoms with Crippen molar-refractivity contribution in [2.24, 2.45) is 0 Å². The van der Waals surface area contributed by atoms with Crippen molar-refractivity contribution >= 4 is 13.1 Å². The van der Waals surface area contributed by atoms with Crippen LogP contribution in [0.5, 0.6) is 5.75 Å². The zero-order valence-corrected chi connectivity index (χ0v) is 18.5. The van der Waals surface area contributed by atoms with Crippen LogP contribution < -0.4 is 10.1 Å². The molecular formula is C23H32N3O2P. The van der Waals surface area contributed by atoms with E-state index in [9.17, 15) is 4.57 Å². The maximum Gasteiger partial charge on any atom is 0.238 e. The number of methoxy groups -OCH3 is 1. The van der Waals surface area contributed by atoms with Crippen LogP contribution in [0.4, 0.5) is 5.69 Å². The molecule has 0 unspecified atom stereocenters. The van der Waals surface area contributed by atoms with Gasteiger partial charge in [-0.25, -0.2) is 9.34 Å². The summed E-state index contributed by atoms with van der Waals surface area (Å²) in [4.78, 5) is 0. The Morgan fingerprint density at radius 1 is 1.00 bits per heavy atom. The van der Waals surface area contributed by atoms with Crippen molar-refractivity contribution in [1.29, 1.82) is 0 Å². The Labute approximate surface area is 174 Å². The number of benzene rings is 2. The van der Waals surface area contributed by atoms with E-state index < -0.39 is 7.44 Å². The Morgan fingerprint density at radius 3 is 2.14 bits per heavy atom. The fourth-order valence-corrected chi connectivity index (χ4v) is 8.50. The topological polar surface area (TPSA) is 44.8 Å². The molecule has 0 spiro atoms. The Hall–Kier alpha value is -1.81. The van der Waals surface area contributed by atoms with Gasteiger partial charge < -0.3 is 10.1 Å². The van der Waals surface area contributed by atoms with Crippen LogP contribution >= 0.6 is 7.44 Å². The Bertz CT molecular complexity index is 836. The summed E-state index contributed by atoms with van der Waals surface area (Å²) in [7, 11) is 3.02. The highest BCUT2D eigenvalue weighted by atomic mass is 31.2. The van der Waals surface area contributed by atoms with Crippen LogP contribution in [0.1, 0.15) is 31.2 Å². The van der Waals surface area contributed by atoms with E-state index >= 15 is 0 Å². The molecule has 1 saturated carbocycles.